The fourth-order valence-corrected chi connectivity index (χ4v) is 8.15. The van der Waals surface area contributed by atoms with E-state index in [9.17, 15) is 0 Å². The van der Waals surface area contributed by atoms with Gasteiger partial charge in [-0.15, -0.1) is 0 Å². The minimum Gasteiger partial charge on any atom is -0.456 e. The summed E-state index contributed by atoms with van der Waals surface area (Å²) in [4.78, 5) is 15.5. The quantitative estimate of drug-likeness (QED) is 0.163. The molecule has 4 heteroatoms. The van der Waals surface area contributed by atoms with Crippen LogP contribution in [0.3, 0.4) is 0 Å². The Morgan fingerprint density at radius 1 is 0.271 bits per heavy atom. The van der Waals surface area contributed by atoms with E-state index in [0.717, 1.165) is 82.8 Å². The van der Waals surface area contributed by atoms with Crippen LogP contribution in [0.4, 0.5) is 0 Å². The molecule has 2 aromatic heterocycles. The summed E-state index contributed by atoms with van der Waals surface area (Å²) in [6.07, 6.45) is 0. The topological polar surface area (TPSA) is 51.8 Å². The molecule has 9 aromatic carbocycles. The predicted molar refractivity (Wildman–Crippen MR) is 243 cm³/mol. The first-order valence-electron chi connectivity index (χ1n) is 19.8. The third-order valence-corrected chi connectivity index (χ3v) is 11.2. The highest BCUT2D eigenvalue weighted by molar-refractivity contribution is 6.13. The van der Waals surface area contributed by atoms with Crippen molar-refractivity contribution in [3.05, 3.63) is 212 Å². The first-order valence-corrected chi connectivity index (χ1v) is 19.8. The summed E-state index contributed by atoms with van der Waals surface area (Å²) >= 11 is 0. The van der Waals surface area contributed by atoms with Crippen LogP contribution >= 0.6 is 0 Å². The fourth-order valence-electron chi connectivity index (χ4n) is 8.15. The van der Waals surface area contributed by atoms with Crippen LogP contribution < -0.4 is 0 Å². The van der Waals surface area contributed by atoms with Crippen molar-refractivity contribution in [1.82, 2.24) is 15.0 Å². The largest absolute Gasteiger partial charge is 0.456 e. The number of fused-ring (bicyclic) bond motifs is 4. The lowest BCUT2D eigenvalue weighted by atomic mass is 9.96. The molecule has 0 radical (unpaired) electrons. The van der Waals surface area contributed by atoms with Crippen LogP contribution in [-0.2, 0) is 0 Å². The third-order valence-electron chi connectivity index (χ3n) is 11.2. The SMILES string of the molecule is c1ccc(-c2ccc(-c3nc(-c4ccc5c(c4)oc4cccc(-c6ccc(-c7ccccc7)cc6)c45)nc(-c4cccc5ccc(-c6ccccc6)cc45)n3)cc2)cc1. The van der Waals surface area contributed by atoms with E-state index in [-0.39, 0.29) is 0 Å². The predicted octanol–water partition coefficient (Wildman–Crippen LogP) is 14.6. The number of hydrogen-bond acceptors (Lipinski definition) is 4. The molecule has 0 saturated heterocycles. The highest BCUT2D eigenvalue weighted by Gasteiger charge is 2.18. The molecule has 11 rings (SSSR count). The van der Waals surface area contributed by atoms with E-state index in [1.54, 1.807) is 0 Å². The number of benzene rings is 9. The van der Waals surface area contributed by atoms with Crippen molar-refractivity contribution >= 4 is 32.7 Å². The van der Waals surface area contributed by atoms with Crippen LogP contribution in [0.25, 0.3) is 111 Å². The second-order valence-electron chi connectivity index (χ2n) is 14.8. The Bertz CT molecular complexity index is 3280. The fraction of sp³-hybridized carbons (Fsp3) is 0. The first-order chi connectivity index (χ1) is 29.2. The Labute approximate surface area is 341 Å². The van der Waals surface area contributed by atoms with Gasteiger partial charge in [-0.2, -0.15) is 0 Å². The van der Waals surface area contributed by atoms with Crippen LogP contribution in [0, 0.1) is 0 Å². The molecular weight excluding hydrogens is 719 g/mol. The van der Waals surface area contributed by atoms with Crippen LogP contribution in [0.2, 0.25) is 0 Å². The number of nitrogens with zero attached hydrogens (tertiary/aromatic N) is 3. The van der Waals surface area contributed by atoms with Gasteiger partial charge in [-0.25, -0.2) is 15.0 Å². The van der Waals surface area contributed by atoms with Crippen LogP contribution in [0.15, 0.2) is 217 Å². The van der Waals surface area contributed by atoms with Crippen molar-refractivity contribution in [2.75, 3.05) is 0 Å². The molecule has 59 heavy (non-hydrogen) atoms. The van der Waals surface area contributed by atoms with Crippen LogP contribution in [-0.4, -0.2) is 15.0 Å². The molecule has 0 atom stereocenters. The lowest BCUT2D eigenvalue weighted by Gasteiger charge is -2.12. The molecule has 0 bridgehead atoms. The number of rotatable bonds is 7. The molecule has 0 N–H and O–H groups in total. The van der Waals surface area contributed by atoms with Gasteiger partial charge in [-0.1, -0.05) is 188 Å². The van der Waals surface area contributed by atoms with E-state index >= 15 is 0 Å². The van der Waals surface area contributed by atoms with Crippen molar-refractivity contribution in [1.29, 1.82) is 0 Å². The van der Waals surface area contributed by atoms with Crippen LogP contribution in [0.1, 0.15) is 0 Å². The number of hydrogen-bond donors (Lipinski definition) is 0. The van der Waals surface area contributed by atoms with Gasteiger partial charge in [-0.3, -0.25) is 0 Å². The van der Waals surface area contributed by atoms with Gasteiger partial charge in [0.05, 0.1) is 0 Å². The molecule has 0 spiro atoms. The molecule has 276 valence electrons. The molecule has 0 aliphatic carbocycles. The van der Waals surface area contributed by atoms with E-state index in [4.69, 9.17) is 19.4 Å². The minimum atomic E-state index is 0.576. The zero-order chi connectivity index (χ0) is 39.1. The van der Waals surface area contributed by atoms with E-state index in [1.165, 1.54) is 11.1 Å². The zero-order valence-corrected chi connectivity index (χ0v) is 32.0. The summed E-state index contributed by atoms with van der Waals surface area (Å²) in [5.74, 6) is 1.79. The lowest BCUT2D eigenvalue weighted by molar-refractivity contribution is 0.669. The highest BCUT2D eigenvalue weighted by atomic mass is 16.3. The van der Waals surface area contributed by atoms with Gasteiger partial charge in [-0.05, 0) is 79.5 Å². The standard InChI is InChI=1S/C55H35N3O/c1-4-12-36(13-5-1)39-22-26-42(27-23-39)46-19-11-21-50-52(46)48-33-32-45(35-51(48)59-50)54-56-53(43-29-24-40(25-30-43)37-14-6-2-7-15-37)57-55(58-54)47-20-10-18-41-28-31-44(34-49(41)47)38-16-8-3-9-17-38/h1-35H. The Hall–Kier alpha value is -7.95. The van der Waals surface area contributed by atoms with Crippen molar-refractivity contribution < 1.29 is 4.42 Å². The maximum absolute atomic E-state index is 6.60. The molecular formula is C55H35N3O. The average molecular weight is 754 g/mol. The van der Waals surface area contributed by atoms with E-state index in [0.29, 0.717) is 17.5 Å². The first kappa shape index (κ1) is 34.3. The van der Waals surface area contributed by atoms with Gasteiger partial charge in [0, 0.05) is 27.5 Å². The zero-order valence-electron chi connectivity index (χ0n) is 32.0. The molecule has 0 fully saturated rings. The monoisotopic (exact) mass is 753 g/mol. The second-order valence-corrected chi connectivity index (χ2v) is 14.8. The Kier molecular flexibility index (Phi) is 8.45. The van der Waals surface area contributed by atoms with Crippen molar-refractivity contribution in [2.24, 2.45) is 0 Å². The Balaban J connectivity index is 1.04. The summed E-state index contributed by atoms with van der Waals surface area (Å²) in [7, 11) is 0. The number of aromatic nitrogens is 3. The molecule has 0 aliphatic rings. The third kappa shape index (κ3) is 6.43. The molecule has 4 nitrogen and oxygen atoms in total. The molecule has 0 amide bonds. The normalized spacial score (nSPS) is 11.4. The van der Waals surface area contributed by atoms with Gasteiger partial charge < -0.3 is 4.42 Å². The molecule has 11 aromatic rings. The van der Waals surface area contributed by atoms with Gasteiger partial charge in [0.25, 0.3) is 0 Å². The van der Waals surface area contributed by atoms with Gasteiger partial charge >= 0.3 is 0 Å². The van der Waals surface area contributed by atoms with Crippen molar-refractivity contribution in [2.45, 2.75) is 0 Å². The van der Waals surface area contributed by atoms with Crippen LogP contribution in [0.5, 0.6) is 0 Å². The van der Waals surface area contributed by atoms with E-state index < -0.39 is 0 Å². The Morgan fingerprint density at radius 3 is 1.42 bits per heavy atom. The van der Waals surface area contributed by atoms with Crippen molar-refractivity contribution in [3.8, 4) is 78.7 Å². The smallest absolute Gasteiger partial charge is 0.164 e. The summed E-state index contributed by atoms with van der Waals surface area (Å²) in [6, 6.07) is 74.0. The van der Waals surface area contributed by atoms with E-state index in [2.05, 4.69) is 188 Å². The minimum absolute atomic E-state index is 0.576. The second kappa shape index (κ2) is 14.5. The van der Waals surface area contributed by atoms with Gasteiger partial charge in [0.1, 0.15) is 11.2 Å². The molecule has 0 saturated carbocycles. The summed E-state index contributed by atoms with van der Waals surface area (Å²) in [5.41, 5.74) is 13.6. The highest BCUT2D eigenvalue weighted by Crippen LogP contribution is 2.39. The maximum Gasteiger partial charge on any atom is 0.164 e. The molecule has 2 heterocycles. The summed E-state index contributed by atoms with van der Waals surface area (Å²) < 4.78 is 6.60. The summed E-state index contributed by atoms with van der Waals surface area (Å²) in [6.45, 7) is 0. The van der Waals surface area contributed by atoms with Crippen molar-refractivity contribution in [3.63, 3.8) is 0 Å². The molecule has 0 unspecified atom stereocenters. The van der Waals surface area contributed by atoms with Gasteiger partial charge in [0.2, 0.25) is 0 Å². The average Bonchev–Trinajstić information content (AvgIpc) is 3.70. The van der Waals surface area contributed by atoms with E-state index in [1.807, 2.05) is 24.3 Å². The molecule has 0 aliphatic heterocycles. The maximum atomic E-state index is 6.60. The van der Waals surface area contributed by atoms with Gasteiger partial charge in [0.15, 0.2) is 17.5 Å². The Morgan fingerprint density at radius 2 is 0.763 bits per heavy atom. The lowest BCUT2D eigenvalue weighted by Crippen LogP contribution is -2.00. The summed E-state index contributed by atoms with van der Waals surface area (Å²) in [5, 5.41) is 4.32. The number of furan rings is 1.